The number of nitrogens with zero attached hydrogens (tertiary/aromatic N) is 4. The van der Waals surface area contributed by atoms with E-state index in [4.69, 9.17) is 4.74 Å². The van der Waals surface area contributed by atoms with Crippen LogP contribution in [0.5, 0.6) is 5.75 Å². The Kier molecular flexibility index (Phi) is 8.88. The second-order valence-electron chi connectivity index (χ2n) is 9.90. The van der Waals surface area contributed by atoms with E-state index in [0.717, 1.165) is 34.1 Å². The minimum Gasteiger partial charge on any atom is -0.492 e. The van der Waals surface area contributed by atoms with Crippen molar-refractivity contribution in [1.82, 2.24) is 14.7 Å². The first-order chi connectivity index (χ1) is 19.0. The number of anilines is 2. The molecule has 0 spiro atoms. The maximum atomic E-state index is 11.2. The number of aryl methyl sites for hydroxylation is 2. The van der Waals surface area contributed by atoms with Crippen molar-refractivity contribution in [3.63, 3.8) is 0 Å². The topological polar surface area (TPSA) is 74.0 Å². The quantitative estimate of drug-likeness (QED) is 0.259. The molecule has 0 radical (unpaired) electrons. The fourth-order valence-electron chi connectivity index (χ4n) is 5.02. The molecule has 0 amide bonds. The van der Waals surface area contributed by atoms with Gasteiger partial charge < -0.3 is 19.8 Å². The van der Waals surface area contributed by atoms with Crippen molar-refractivity contribution >= 4 is 23.1 Å². The fraction of sp³-hybridized carbons (Fsp3) is 0.323. The SMILES string of the molecule is Cc1cc(C)n(CCOc2ccc(CN(CCO)C[C@@H](O)CN3c4ccccc4Sc4ccccc43)cc2)n1. The molecule has 0 saturated heterocycles. The maximum absolute atomic E-state index is 11.2. The third-order valence-corrected chi connectivity index (χ3v) is 7.95. The summed E-state index contributed by atoms with van der Waals surface area (Å²) in [5.41, 5.74) is 5.47. The van der Waals surface area contributed by atoms with Gasteiger partial charge in [-0.2, -0.15) is 5.10 Å². The van der Waals surface area contributed by atoms with Gasteiger partial charge in [-0.05, 0) is 61.9 Å². The lowest BCUT2D eigenvalue weighted by atomic mass is 10.1. The number of aliphatic hydroxyl groups is 2. The molecule has 1 aliphatic heterocycles. The van der Waals surface area contributed by atoms with Gasteiger partial charge in [0.2, 0.25) is 0 Å². The number of hydrogen-bond donors (Lipinski definition) is 2. The van der Waals surface area contributed by atoms with Gasteiger partial charge in [0, 0.05) is 35.1 Å². The molecule has 0 aliphatic carbocycles. The molecule has 7 nitrogen and oxygen atoms in total. The molecule has 0 unspecified atom stereocenters. The highest BCUT2D eigenvalue weighted by molar-refractivity contribution is 7.99. The smallest absolute Gasteiger partial charge is 0.119 e. The minimum atomic E-state index is -0.599. The van der Waals surface area contributed by atoms with Crippen molar-refractivity contribution < 1.29 is 14.9 Å². The van der Waals surface area contributed by atoms with Crippen LogP contribution in [-0.2, 0) is 13.1 Å². The summed E-state index contributed by atoms with van der Waals surface area (Å²) < 4.78 is 7.89. The summed E-state index contributed by atoms with van der Waals surface area (Å²) in [6.45, 7) is 7.37. The Hall–Kier alpha value is -3.30. The molecule has 1 aromatic heterocycles. The average Bonchev–Trinajstić information content (AvgIpc) is 3.26. The minimum absolute atomic E-state index is 0.0340. The number of fused-ring (bicyclic) bond motifs is 2. The monoisotopic (exact) mass is 544 g/mol. The Labute approximate surface area is 234 Å². The number of aromatic nitrogens is 2. The molecule has 1 aliphatic rings. The van der Waals surface area contributed by atoms with E-state index in [1.54, 1.807) is 11.8 Å². The molecule has 0 bridgehead atoms. The van der Waals surface area contributed by atoms with Gasteiger partial charge in [0.15, 0.2) is 0 Å². The van der Waals surface area contributed by atoms with Gasteiger partial charge in [-0.15, -0.1) is 0 Å². The fourth-order valence-corrected chi connectivity index (χ4v) is 6.12. The number of hydrogen-bond acceptors (Lipinski definition) is 7. The van der Waals surface area contributed by atoms with Crippen molar-refractivity contribution in [2.45, 2.75) is 42.8 Å². The molecule has 5 rings (SSSR count). The highest BCUT2D eigenvalue weighted by atomic mass is 32.2. The predicted octanol–water partition coefficient (Wildman–Crippen LogP) is 5.04. The van der Waals surface area contributed by atoms with Crippen LogP contribution < -0.4 is 9.64 Å². The number of rotatable bonds is 12. The highest BCUT2D eigenvalue weighted by Crippen LogP contribution is 2.47. The van der Waals surface area contributed by atoms with Gasteiger partial charge in [0.25, 0.3) is 0 Å². The zero-order chi connectivity index (χ0) is 27.2. The predicted molar refractivity (Wildman–Crippen MR) is 156 cm³/mol. The van der Waals surface area contributed by atoms with E-state index in [9.17, 15) is 10.2 Å². The number of ether oxygens (including phenoxy) is 1. The molecule has 2 heterocycles. The Morgan fingerprint density at radius 2 is 1.62 bits per heavy atom. The van der Waals surface area contributed by atoms with Crippen molar-refractivity contribution in [3.05, 3.63) is 95.8 Å². The number of para-hydroxylation sites is 2. The molecule has 8 heteroatoms. The Morgan fingerprint density at radius 3 is 2.23 bits per heavy atom. The van der Waals surface area contributed by atoms with Crippen LogP contribution in [0.3, 0.4) is 0 Å². The van der Waals surface area contributed by atoms with Crippen molar-refractivity contribution in [2.24, 2.45) is 0 Å². The van der Waals surface area contributed by atoms with Crippen LogP contribution in [0.15, 0.2) is 88.7 Å². The van der Waals surface area contributed by atoms with E-state index in [-0.39, 0.29) is 6.61 Å². The summed E-state index contributed by atoms with van der Waals surface area (Å²) in [5.74, 6) is 0.814. The summed E-state index contributed by atoms with van der Waals surface area (Å²) in [4.78, 5) is 6.68. The van der Waals surface area contributed by atoms with Crippen molar-refractivity contribution in [2.75, 3.05) is 37.7 Å². The molecule has 204 valence electrons. The second-order valence-corrected chi connectivity index (χ2v) is 11.0. The second kappa shape index (κ2) is 12.7. The molecular formula is C31H36N4O3S. The molecule has 2 N–H and O–H groups in total. The van der Waals surface area contributed by atoms with Gasteiger partial charge in [-0.1, -0.05) is 48.2 Å². The van der Waals surface area contributed by atoms with Crippen LogP contribution in [0, 0.1) is 13.8 Å². The Bertz CT molecular complexity index is 1330. The summed E-state index contributed by atoms with van der Waals surface area (Å²) in [6.07, 6.45) is -0.599. The van der Waals surface area contributed by atoms with E-state index >= 15 is 0 Å². The molecule has 3 aromatic carbocycles. The summed E-state index contributed by atoms with van der Waals surface area (Å²) in [5, 5.41) is 25.4. The summed E-state index contributed by atoms with van der Waals surface area (Å²) in [7, 11) is 0. The zero-order valence-corrected chi connectivity index (χ0v) is 23.3. The van der Waals surface area contributed by atoms with Crippen LogP contribution in [0.25, 0.3) is 0 Å². The third-order valence-electron chi connectivity index (χ3n) is 6.82. The lowest BCUT2D eigenvalue weighted by Gasteiger charge is -2.35. The largest absolute Gasteiger partial charge is 0.492 e. The molecule has 0 fully saturated rings. The maximum Gasteiger partial charge on any atom is 0.119 e. The van der Waals surface area contributed by atoms with E-state index in [1.165, 1.54) is 9.79 Å². The number of benzene rings is 3. The van der Waals surface area contributed by atoms with Crippen LogP contribution in [0.2, 0.25) is 0 Å². The summed E-state index contributed by atoms with van der Waals surface area (Å²) in [6, 6.07) is 26.8. The van der Waals surface area contributed by atoms with Gasteiger partial charge in [-0.3, -0.25) is 9.58 Å². The third kappa shape index (κ3) is 6.83. The van der Waals surface area contributed by atoms with Gasteiger partial charge in [0.1, 0.15) is 12.4 Å². The first-order valence-electron chi connectivity index (χ1n) is 13.4. The average molecular weight is 545 g/mol. The lowest BCUT2D eigenvalue weighted by molar-refractivity contribution is 0.100. The standard InChI is InChI=1S/C31H36N4O3S/c1-23-19-24(2)35(32-23)16-18-38-27-13-11-25(12-14-27)20-33(15-17-36)21-26(37)22-34-28-7-3-5-9-30(28)39-31-10-6-4-8-29(31)34/h3-14,19,26,36-37H,15-18,20-22H2,1-2H3/t26-/m1/s1. The van der Waals surface area contributed by atoms with Crippen molar-refractivity contribution in [3.8, 4) is 5.75 Å². The molecular weight excluding hydrogens is 508 g/mol. The van der Waals surface area contributed by atoms with E-state index in [0.29, 0.717) is 39.3 Å². The molecule has 39 heavy (non-hydrogen) atoms. The number of β-amino-alcohol motifs (C(OH)–C–C–N with tert-alkyl or cyclic N) is 1. The van der Waals surface area contributed by atoms with E-state index in [1.807, 2.05) is 54.9 Å². The molecule has 4 aromatic rings. The highest BCUT2D eigenvalue weighted by Gasteiger charge is 2.25. The first kappa shape index (κ1) is 27.3. The van der Waals surface area contributed by atoms with Gasteiger partial charge in [-0.25, -0.2) is 0 Å². The molecule has 0 saturated carbocycles. The van der Waals surface area contributed by atoms with Crippen LogP contribution in [-0.4, -0.2) is 63.8 Å². The Balaban J connectivity index is 1.18. The van der Waals surface area contributed by atoms with E-state index < -0.39 is 6.10 Å². The van der Waals surface area contributed by atoms with Crippen LogP contribution in [0.4, 0.5) is 11.4 Å². The van der Waals surface area contributed by atoms with Crippen LogP contribution >= 0.6 is 11.8 Å². The first-order valence-corrected chi connectivity index (χ1v) is 14.2. The van der Waals surface area contributed by atoms with Crippen molar-refractivity contribution in [1.29, 1.82) is 0 Å². The normalized spacial score (nSPS) is 13.3. The lowest BCUT2D eigenvalue weighted by Crippen LogP contribution is -2.40. The molecule has 1 atom stereocenters. The van der Waals surface area contributed by atoms with E-state index in [2.05, 4.69) is 57.4 Å². The Morgan fingerprint density at radius 1 is 0.949 bits per heavy atom. The number of aliphatic hydroxyl groups excluding tert-OH is 2. The zero-order valence-electron chi connectivity index (χ0n) is 22.5. The van der Waals surface area contributed by atoms with Crippen LogP contribution in [0.1, 0.15) is 17.0 Å². The van der Waals surface area contributed by atoms with Gasteiger partial charge in [0.05, 0.1) is 42.9 Å². The van der Waals surface area contributed by atoms with Gasteiger partial charge >= 0.3 is 0 Å². The summed E-state index contributed by atoms with van der Waals surface area (Å²) >= 11 is 1.76.